The third kappa shape index (κ3) is 4.74. The molecule has 114 valence electrons. The smallest absolute Gasteiger partial charge is 0.235 e. The first kappa shape index (κ1) is 15.8. The molecule has 6 heteroatoms. The van der Waals surface area contributed by atoms with Crippen molar-refractivity contribution in [2.24, 2.45) is 0 Å². The molecule has 1 saturated heterocycles. The first-order chi connectivity index (χ1) is 10.1. The van der Waals surface area contributed by atoms with Crippen molar-refractivity contribution in [2.45, 2.75) is 24.5 Å². The van der Waals surface area contributed by atoms with E-state index in [1.165, 1.54) is 0 Å². The second-order valence-corrected chi connectivity index (χ2v) is 6.77. The predicted octanol–water partition coefficient (Wildman–Crippen LogP) is 1.34. The maximum Gasteiger partial charge on any atom is 0.235 e. The summed E-state index contributed by atoms with van der Waals surface area (Å²) < 4.78 is 32.3. The number of ether oxygens (including phenoxy) is 1. The van der Waals surface area contributed by atoms with Crippen molar-refractivity contribution in [1.29, 1.82) is 0 Å². The average molecular weight is 309 g/mol. The molecule has 1 aromatic rings. The molecule has 0 bridgehead atoms. The molecule has 0 saturated carbocycles. The van der Waals surface area contributed by atoms with Gasteiger partial charge in [0, 0.05) is 30.9 Å². The van der Waals surface area contributed by atoms with Crippen molar-refractivity contribution in [3.63, 3.8) is 0 Å². The van der Waals surface area contributed by atoms with E-state index < -0.39 is 15.3 Å². The normalized spacial score (nSPS) is 16.0. The highest BCUT2D eigenvalue weighted by Gasteiger charge is 2.27. The Morgan fingerprint density at radius 3 is 2.52 bits per heavy atom. The third-order valence-corrected chi connectivity index (χ3v) is 5.09. The zero-order valence-corrected chi connectivity index (χ0v) is 12.5. The summed E-state index contributed by atoms with van der Waals surface area (Å²) in [6.07, 6.45) is 1.48. The molecule has 1 aliphatic heterocycles. The van der Waals surface area contributed by atoms with Gasteiger partial charge in [-0.25, -0.2) is 8.42 Å². The highest BCUT2D eigenvalue weighted by atomic mass is 32.2. The summed E-state index contributed by atoms with van der Waals surface area (Å²) in [5.41, 5.74) is 1.33. The van der Waals surface area contributed by atoms with E-state index in [1.807, 2.05) is 0 Å². The Labute approximate surface area is 125 Å². The molecule has 21 heavy (non-hydrogen) atoms. The number of rotatable bonds is 4. The molecule has 2 N–H and O–H groups in total. The fourth-order valence-corrected chi connectivity index (χ4v) is 3.52. The van der Waals surface area contributed by atoms with Crippen LogP contribution in [0.1, 0.15) is 24.8 Å². The van der Waals surface area contributed by atoms with Crippen LogP contribution in [0.3, 0.4) is 0 Å². The lowest BCUT2D eigenvalue weighted by Gasteiger charge is -2.22. The number of benzene rings is 1. The second kappa shape index (κ2) is 7.46. The lowest BCUT2D eigenvalue weighted by Crippen LogP contribution is -2.33. The van der Waals surface area contributed by atoms with E-state index in [9.17, 15) is 8.42 Å². The Morgan fingerprint density at radius 1 is 1.24 bits per heavy atom. The van der Waals surface area contributed by atoms with Crippen molar-refractivity contribution >= 4 is 15.7 Å². The van der Waals surface area contributed by atoms with E-state index in [1.54, 1.807) is 24.3 Å². The number of aliphatic hydroxyl groups excluding tert-OH is 1. The van der Waals surface area contributed by atoms with Gasteiger partial charge >= 0.3 is 0 Å². The molecule has 0 amide bonds. The van der Waals surface area contributed by atoms with Gasteiger partial charge < -0.3 is 9.84 Å². The minimum Gasteiger partial charge on any atom is -0.395 e. The number of sulfonamides is 1. The Bertz CT molecular complexity index is 607. The fourth-order valence-electron chi connectivity index (χ4n) is 2.08. The van der Waals surface area contributed by atoms with Crippen LogP contribution < -0.4 is 4.72 Å². The SMILES string of the molecule is O=S(=O)(Nc1ccc(C#CCCO)cc1)C1CCOCC1. The molecule has 1 aliphatic rings. The van der Waals surface area contributed by atoms with Crippen molar-refractivity contribution in [2.75, 3.05) is 24.5 Å². The molecule has 0 atom stereocenters. The van der Waals surface area contributed by atoms with E-state index in [-0.39, 0.29) is 6.61 Å². The van der Waals surface area contributed by atoms with Crippen LogP contribution in [-0.2, 0) is 14.8 Å². The van der Waals surface area contributed by atoms with Crippen LogP contribution in [-0.4, -0.2) is 38.6 Å². The highest BCUT2D eigenvalue weighted by molar-refractivity contribution is 7.93. The Hall–Kier alpha value is -1.55. The summed E-state index contributed by atoms with van der Waals surface area (Å²) in [7, 11) is -3.37. The van der Waals surface area contributed by atoms with Gasteiger partial charge in [0.2, 0.25) is 10.0 Å². The predicted molar refractivity (Wildman–Crippen MR) is 81.4 cm³/mol. The fraction of sp³-hybridized carbons (Fsp3) is 0.467. The summed E-state index contributed by atoms with van der Waals surface area (Å²) in [5, 5.41) is 8.26. The third-order valence-electron chi connectivity index (χ3n) is 3.22. The Morgan fingerprint density at radius 2 is 1.90 bits per heavy atom. The van der Waals surface area contributed by atoms with Gasteiger partial charge in [-0.3, -0.25) is 4.72 Å². The minimum absolute atomic E-state index is 0.0377. The van der Waals surface area contributed by atoms with Crippen LogP contribution in [0.5, 0.6) is 0 Å². The molecular weight excluding hydrogens is 290 g/mol. The lowest BCUT2D eigenvalue weighted by atomic mass is 10.2. The first-order valence-corrected chi connectivity index (χ1v) is 8.45. The zero-order valence-electron chi connectivity index (χ0n) is 11.7. The van der Waals surface area contributed by atoms with Crippen LogP contribution in [0, 0.1) is 11.8 Å². The van der Waals surface area contributed by atoms with Gasteiger partial charge in [0.25, 0.3) is 0 Å². The summed E-state index contributed by atoms with van der Waals surface area (Å²) >= 11 is 0. The topological polar surface area (TPSA) is 75.6 Å². The van der Waals surface area contributed by atoms with Gasteiger partial charge in [0.15, 0.2) is 0 Å². The summed E-state index contributed by atoms with van der Waals surface area (Å²) in [4.78, 5) is 0. The molecule has 0 spiro atoms. The molecule has 5 nitrogen and oxygen atoms in total. The van der Waals surface area contributed by atoms with E-state index in [0.717, 1.165) is 5.56 Å². The molecule has 2 rings (SSSR count). The van der Waals surface area contributed by atoms with Gasteiger partial charge in [-0.15, -0.1) is 0 Å². The van der Waals surface area contributed by atoms with Crippen LogP contribution in [0.4, 0.5) is 5.69 Å². The maximum absolute atomic E-state index is 12.2. The molecule has 1 heterocycles. The van der Waals surface area contributed by atoms with Gasteiger partial charge in [-0.2, -0.15) is 0 Å². The number of nitrogens with one attached hydrogen (secondary N) is 1. The van der Waals surface area contributed by atoms with Gasteiger partial charge in [-0.05, 0) is 37.1 Å². The van der Waals surface area contributed by atoms with Gasteiger partial charge in [0.1, 0.15) is 0 Å². The monoisotopic (exact) mass is 309 g/mol. The van der Waals surface area contributed by atoms with Crippen molar-refractivity contribution in [3.05, 3.63) is 29.8 Å². The quantitative estimate of drug-likeness (QED) is 0.823. The highest BCUT2D eigenvalue weighted by Crippen LogP contribution is 2.19. The molecule has 1 fully saturated rings. The molecule has 0 aromatic heterocycles. The van der Waals surface area contributed by atoms with E-state index in [0.29, 0.717) is 38.2 Å². The minimum atomic E-state index is -3.37. The Kier molecular flexibility index (Phi) is 5.62. The van der Waals surface area contributed by atoms with Crippen molar-refractivity contribution in [3.8, 4) is 11.8 Å². The average Bonchev–Trinajstić information content (AvgIpc) is 2.50. The van der Waals surface area contributed by atoms with Crippen molar-refractivity contribution in [1.82, 2.24) is 0 Å². The summed E-state index contributed by atoms with van der Waals surface area (Å²) in [6, 6.07) is 6.90. The largest absolute Gasteiger partial charge is 0.395 e. The second-order valence-electron chi connectivity index (χ2n) is 4.81. The van der Waals surface area contributed by atoms with Crippen LogP contribution >= 0.6 is 0 Å². The van der Waals surface area contributed by atoms with Gasteiger partial charge in [0.05, 0.1) is 11.9 Å². The van der Waals surface area contributed by atoms with E-state index in [2.05, 4.69) is 16.6 Å². The summed E-state index contributed by atoms with van der Waals surface area (Å²) in [5.74, 6) is 5.71. The molecule has 0 unspecified atom stereocenters. The molecule has 0 radical (unpaired) electrons. The molecular formula is C15H19NO4S. The van der Waals surface area contributed by atoms with Crippen LogP contribution in [0.15, 0.2) is 24.3 Å². The number of anilines is 1. The number of aliphatic hydroxyl groups is 1. The maximum atomic E-state index is 12.2. The van der Waals surface area contributed by atoms with E-state index >= 15 is 0 Å². The van der Waals surface area contributed by atoms with Crippen LogP contribution in [0.2, 0.25) is 0 Å². The van der Waals surface area contributed by atoms with E-state index in [4.69, 9.17) is 9.84 Å². The standard InChI is InChI=1S/C15H19NO4S/c17-10-2-1-3-13-4-6-14(7-5-13)16-21(18,19)15-8-11-20-12-9-15/h4-7,15-17H,2,8-12H2. The number of hydrogen-bond acceptors (Lipinski definition) is 4. The Balaban J connectivity index is 2.01. The number of hydrogen-bond donors (Lipinski definition) is 2. The van der Waals surface area contributed by atoms with Crippen molar-refractivity contribution < 1.29 is 18.3 Å². The summed E-state index contributed by atoms with van der Waals surface area (Å²) in [6.45, 7) is 1.02. The zero-order chi connectivity index (χ0) is 15.1. The molecule has 0 aliphatic carbocycles. The molecule has 1 aromatic carbocycles. The van der Waals surface area contributed by atoms with Crippen LogP contribution in [0.25, 0.3) is 0 Å². The first-order valence-electron chi connectivity index (χ1n) is 6.91. The van der Waals surface area contributed by atoms with Gasteiger partial charge in [-0.1, -0.05) is 11.8 Å². The lowest BCUT2D eigenvalue weighted by molar-refractivity contribution is 0.0984.